The number of benzene rings is 2. The van der Waals surface area contributed by atoms with Gasteiger partial charge in [0.25, 0.3) is 5.91 Å². The SMILES string of the molecule is C[NH+](Cc1ccccc1)[C@@H]1CC(=O)N(c2cccc(Br)c2)C1=O. The van der Waals surface area contributed by atoms with E-state index in [0.717, 1.165) is 21.5 Å². The molecule has 0 saturated carbocycles. The van der Waals surface area contributed by atoms with E-state index in [1.807, 2.05) is 49.5 Å². The Morgan fingerprint density at radius 3 is 2.57 bits per heavy atom. The molecule has 1 unspecified atom stereocenters. The Kier molecular flexibility index (Phi) is 4.59. The zero-order valence-corrected chi connectivity index (χ0v) is 14.4. The van der Waals surface area contributed by atoms with E-state index in [2.05, 4.69) is 15.9 Å². The number of quaternary nitrogens is 1. The van der Waals surface area contributed by atoms with Crippen molar-refractivity contribution in [1.82, 2.24) is 0 Å². The van der Waals surface area contributed by atoms with Crippen LogP contribution in [-0.2, 0) is 16.1 Å². The molecule has 0 bridgehead atoms. The highest BCUT2D eigenvalue weighted by Gasteiger charge is 2.44. The number of nitrogens with zero attached hydrogens (tertiary/aromatic N) is 1. The van der Waals surface area contributed by atoms with Crippen molar-refractivity contribution >= 4 is 33.4 Å². The van der Waals surface area contributed by atoms with Crippen LogP contribution in [-0.4, -0.2) is 24.9 Å². The summed E-state index contributed by atoms with van der Waals surface area (Å²) in [5, 5.41) is 0. The van der Waals surface area contributed by atoms with Gasteiger partial charge in [0.2, 0.25) is 5.91 Å². The predicted octanol–water partition coefficient (Wildman–Crippen LogP) is 1.80. The summed E-state index contributed by atoms with van der Waals surface area (Å²) in [4.78, 5) is 27.4. The number of imide groups is 1. The Morgan fingerprint density at radius 1 is 1.13 bits per heavy atom. The molecule has 1 saturated heterocycles. The molecule has 1 aliphatic rings. The molecular formula is C18H18BrN2O2+. The lowest BCUT2D eigenvalue weighted by Crippen LogP contribution is -3.12. The lowest BCUT2D eigenvalue weighted by atomic mass is 10.1. The van der Waals surface area contributed by atoms with Gasteiger partial charge in [0, 0.05) is 10.0 Å². The molecule has 118 valence electrons. The summed E-state index contributed by atoms with van der Waals surface area (Å²) in [6, 6.07) is 17.0. The first kappa shape index (κ1) is 15.9. The van der Waals surface area contributed by atoms with E-state index in [9.17, 15) is 9.59 Å². The summed E-state index contributed by atoms with van der Waals surface area (Å²) in [6.45, 7) is 0.719. The molecule has 5 heteroatoms. The maximum atomic E-state index is 12.7. The van der Waals surface area contributed by atoms with E-state index in [0.29, 0.717) is 5.69 Å². The number of halogens is 1. The van der Waals surface area contributed by atoms with Gasteiger partial charge in [-0.15, -0.1) is 0 Å². The second-order valence-electron chi connectivity index (χ2n) is 5.81. The summed E-state index contributed by atoms with van der Waals surface area (Å²) in [5.41, 5.74) is 1.79. The van der Waals surface area contributed by atoms with E-state index in [4.69, 9.17) is 0 Å². The fraction of sp³-hybridized carbons (Fsp3) is 0.222. The average Bonchev–Trinajstić information content (AvgIpc) is 2.83. The molecule has 0 spiro atoms. The van der Waals surface area contributed by atoms with Crippen LogP contribution < -0.4 is 9.80 Å². The van der Waals surface area contributed by atoms with Crippen molar-refractivity contribution in [3.63, 3.8) is 0 Å². The van der Waals surface area contributed by atoms with Crippen LogP contribution in [0.5, 0.6) is 0 Å². The molecule has 1 heterocycles. The molecule has 0 aromatic heterocycles. The van der Waals surface area contributed by atoms with Crippen LogP contribution in [0.25, 0.3) is 0 Å². The number of carbonyl (C=O) groups is 2. The van der Waals surface area contributed by atoms with Gasteiger partial charge in [0.15, 0.2) is 6.04 Å². The fourth-order valence-corrected chi connectivity index (χ4v) is 3.33. The van der Waals surface area contributed by atoms with E-state index < -0.39 is 0 Å². The first-order chi connectivity index (χ1) is 11.1. The quantitative estimate of drug-likeness (QED) is 0.830. The summed E-state index contributed by atoms with van der Waals surface area (Å²) in [5.74, 6) is -0.257. The van der Waals surface area contributed by atoms with E-state index in [1.54, 1.807) is 12.1 Å². The number of hydrogen-bond donors (Lipinski definition) is 1. The van der Waals surface area contributed by atoms with Crippen molar-refractivity contribution < 1.29 is 14.5 Å². The smallest absolute Gasteiger partial charge is 0.292 e. The molecular weight excluding hydrogens is 356 g/mol. The topological polar surface area (TPSA) is 41.8 Å². The highest BCUT2D eigenvalue weighted by atomic mass is 79.9. The molecule has 2 aromatic carbocycles. The van der Waals surface area contributed by atoms with Gasteiger partial charge in [0.05, 0.1) is 19.2 Å². The summed E-state index contributed by atoms with van der Waals surface area (Å²) in [6.07, 6.45) is 0.254. The van der Waals surface area contributed by atoms with Crippen LogP contribution in [0.15, 0.2) is 59.1 Å². The number of likely N-dealkylation sites (N-methyl/N-ethyl adjacent to an activating group) is 1. The first-order valence-corrected chi connectivity index (χ1v) is 8.34. The third kappa shape index (κ3) is 3.35. The van der Waals surface area contributed by atoms with Gasteiger partial charge < -0.3 is 4.90 Å². The van der Waals surface area contributed by atoms with Crippen molar-refractivity contribution in [3.8, 4) is 0 Å². The van der Waals surface area contributed by atoms with Crippen LogP contribution in [0.4, 0.5) is 5.69 Å². The Labute approximate surface area is 143 Å². The van der Waals surface area contributed by atoms with Crippen LogP contribution >= 0.6 is 15.9 Å². The highest BCUT2D eigenvalue weighted by Crippen LogP contribution is 2.24. The molecule has 1 N–H and O–H groups in total. The minimum Gasteiger partial charge on any atom is -0.323 e. The first-order valence-electron chi connectivity index (χ1n) is 7.55. The van der Waals surface area contributed by atoms with E-state index in [1.165, 1.54) is 4.90 Å². The molecule has 0 radical (unpaired) electrons. The van der Waals surface area contributed by atoms with Crippen molar-refractivity contribution in [2.24, 2.45) is 0 Å². The monoisotopic (exact) mass is 373 g/mol. The highest BCUT2D eigenvalue weighted by molar-refractivity contribution is 9.10. The van der Waals surface area contributed by atoms with Gasteiger partial charge in [-0.2, -0.15) is 0 Å². The summed E-state index contributed by atoms with van der Waals surface area (Å²) >= 11 is 3.38. The van der Waals surface area contributed by atoms with Crippen molar-refractivity contribution in [2.75, 3.05) is 11.9 Å². The molecule has 1 aliphatic heterocycles. The van der Waals surface area contributed by atoms with Crippen LogP contribution in [0.1, 0.15) is 12.0 Å². The van der Waals surface area contributed by atoms with E-state index >= 15 is 0 Å². The zero-order valence-electron chi connectivity index (χ0n) is 12.8. The van der Waals surface area contributed by atoms with Gasteiger partial charge in [0.1, 0.15) is 6.54 Å². The van der Waals surface area contributed by atoms with Crippen molar-refractivity contribution in [2.45, 2.75) is 19.0 Å². The predicted molar refractivity (Wildman–Crippen MR) is 92.1 cm³/mol. The number of rotatable bonds is 4. The number of anilines is 1. The molecule has 4 nitrogen and oxygen atoms in total. The largest absolute Gasteiger partial charge is 0.323 e. The number of amides is 2. The molecule has 3 rings (SSSR count). The summed E-state index contributed by atoms with van der Waals surface area (Å²) in [7, 11) is 1.97. The van der Waals surface area contributed by atoms with Crippen LogP contribution in [0.3, 0.4) is 0 Å². The number of hydrogen-bond acceptors (Lipinski definition) is 2. The van der Waals surface area contributed by atoms with Gasteiger partial charge in [-0.1, -0.05) is 52.3 Å². The third-order valence-electron chi connectivity index (χ3n) is 4.13. The Bertz CT molecular complexity index is 733. The average molecular weight is 374 g/mol. The second-order valence-corrected chi connectivity index (χ2v) is 6.73. The number of nitrogens with one attached hydrogen (secondary N) is 1. The normalized spacial score (nSPS) is 19.2. The van der Waals surface area contributed by atoms with Gasteiger partial charge in [-0.3, -0.25) is 9.59 Å². The van der Waals surface area contributed by atoms with E-state index in [-0.39, 0.29) is 24.3 Å². The molecule has 2 amide bonds. The van der Waals surface area contributed by atoms with Gasteiger partial charge in [-0.25, -0.2) is 4.90 Å². The number of carbonyl (C=O) groups excluding carboxylic acids is 2. The Hall–Kier alpha value is -1.98. The maximum Gasteiger partial charge on any atom is 0.292 e. The standard InChI is InChI=1S/C18H17BrN2O2/c1-20(12-13-6-3-2-4-7-13)16-11-17(22)21(18(16)23)15-9-5-8-14(19)10-15/h2-10,16H,11-12H2,1H3/p+1/t16-/m1/s1. The zero-order chi connectivity index (χ0) is 16.4. The van der Waals surface area contributed by atoms with Crippen molar-refractivity contribution in [3.05, 3.63) is 64.6 Å². The van der Waals surface area contributed by atoms with Gasteiger partial charge in [-0.05, 0) is 18.2 Å². The lowest BCUT2D eigenvalue weighted by Gasteiger charge is -2.20. The maximum absolute atomic E-state index is 12.7. The second kappa shape index (κ2) is 6.64. The molecule has 2 aromatic rings. The lowest BCUT2D eigenvalue weighted by molar-refractivity contribution is -0.908. The molecule has 2 atom stereocenters. The van der Waals surface area contributed by atoms with Crippen molar-refractivity contribution in [1.29, 1.82) is 0 Å². The summed E-state index contributed by atoms with van der Waals surface area (Å²) < 4.78 is 0.851. The third-order valence-corrected chi connectivity index (χ3v) is 4.63. The van der Waals surface area contributed by atoms with Crippen LogP contribution in [0, 0.1) is 0 Å². The fourth-order valence-electron chi connectivity index (χ4n) is 2.94. The molecule has 23 heavy (non-hydrogen) atoms. The molecule has 0 aliphatic carbocycles. The Balaban J connectivity index is 1.78. The minimum absolute atomic E-state index is 0.124. The minimum atomic E-state index is -0.332. The molecule has 1 fully saturated rings. The Morgan fingerprint density at radius 2 is 1.87 bits per heavy atom. The van der Waals surface area contributed by atoms with Gasteiger partial charge >= 0.3 is 0 Å². The van der Waals surface area contributed by atoms with Crippen LogP contribution in [0.2, 0.25) is 0 Å².